The van der Waals surface area contributed by atoms with Gasteiger partial charge in [0.2, 0.25) is 0 Å². The number of hydrogen-bond acceptors (Lipinski definition) is 1. The summed E-state index contributed by atoms with van der Waals surface area (Å²) in [6, 6.07) is 5.05. The van der Waals surface area contributed by atoms with Crippen LogP contribution in [-0.4, -0.2) is 25.6 Å². The molecule has 0 saturated carbocycles. The summed E-state index contributed by atoms with van der Waals surface area (Å²) >= 11 is 3.18. The van der Waals surface area contributed by atoms with Crippen molar-refractivity contribution in [1.29, 1.82) is 0 Å². The minimum absolute atomic E-state index is 0.233. The van der Waals surface area contributed by atoms with Crippen molar-refractivity contribution < 1.29 is 4.39 Å². The summed E-state index contributed by atoms with van der Waals surface area (Å²) in [5, 5.41) is 6.32. The van der Waals surface area contributed by atoms with Crippen LogP contribution >= 0.6 is 15.9 Å². The van der Waals surface area contributed by atoms with E-state index >= 15 is 0 Å². The van der Waals surface area contributed by atoms with Gasteiger partial charge in [-0.15, -0.1) is 0 Å². The SMILES string of the molecule is CCNC(=NCCc1ccc(F)c(Br)c1)NCC. The molecule has 0 spiro atoms. The maximum Gasteiger partial charge on any atom is 0.191 e. The fraction of sp³-hybridized carbons (Fsp3) is 0.462. The van der Waals surface area contributed by atoms with E-state index in [0.717, 1.165) is 31.0 Å². The largest absolute Gasteiger partial charge is 0.357 e. The maximum absolute atomic E-state index is 13.1. The van der Waals surface area contributed by atoms with Gasteiger partial charge in [-0.1, -0.05) is 6.07 Å². The van der Waals surface area contributed by atoms with Crippen molar-refractivity contribution >= 4 is 21.9 Å². The molecule has 2 N–H and O–H groups in total. The lowest BCUT2D eigenvalue weighted by molar-refractivity contribution is 0.620. The summed E-state index contributed by atoms with van der Waals surface area (Å²) in [5.74, 6) is 0.587. The van der Waals surface area contributed by atoms with Crippen molar-refractivity contribution in [2.45, 2.75) is 20.3 Å². The number of benzene rings is 1. The third kappa shape index (κ3) is 5.04. The second kappa shape index (κ2) is 8.08. The highest BCUT2D eigenvalue weighted by Crippen LogP contribution is 2.17. The van der Waals surface area contributed by atoms with Gasteiger partial charge in [0, 0.05) is 19.6 Å². The highest BCUT2D eigenvalue weighted by atomic mass is 79.9. The van der Waals surface area contributed by atoms with Crippen LogP contribution in [0.15, 0.2) is 27.7 Å². The molecule has 0 aliphatic heterocycles. The van der Waals surface area contributed by atoms with Crippen molar-refractivity contribution in [2.24, 2.45) is 4.99 Å². The lowest BCUT2D eigenvalue weighted by Crippen LogP contribution is -2.37. The van der Waals surface area contributed by atoms with Crippen LogP contribution in [0.5, 0.6) is 0 Å². The zero-order valence-corrected chi connectivity index (χ0v) is 12.3. The van der Waals surface area contributed by atoms with Crippen LogP contribution in [0, 0.1) is 5.82 Å². The number of hydrogen-bond donors (Lipinski definition) is 2. The quantitative estimate of drug-likeness (QED) is 0.647. The first kappa shape index (κ1) is 15.0. The molecule has 0 radical (unpaired) electrons. The van der Waals surface area contributed by atoms with Crippen LogP contribution < -0.4 is 10.6 Å². The molecule has 3 nitrogen and oxygen atoms in total. The number of aliphatic imine (C=N–C) groups is 1. The lowest BCUT2D eigenvalue weighted by atomic mass is 10.1. The Bertz CT molecular complexity index is 399. The molecule has 1 aromatic carbocycles. The molecule has 0 bridgehead atoms. The number of nitrogens with zero attached hydrogens (tertiary/aromatic N) is 1. The predicted molar refractivity (Wildman–Crippen MR) is 77.5 cm³/mol. The van der Waals surface area contributed by atoms with E-state index in [-0.39, 0.29) is 5.82 Å². The number of halogens is 2. The normalized spacial score (nSPS) is 10.0. The lowest BCUT2D eigenvalue weighted by Gasteiger charge is -2.09. The molecular formula is C13H19BrFN3. The predicted octanol–water partition coefficient (Wildman–Crippen LogP) is 2.71. The Balaban J connectivity index is 2.52. The van der Waals surface area contributed by atoms with Crippen LogP contribution in [0.4, 0.5) is 4.39 Å². The summed E-state index contributed by atoms with van der Waals surface area (Å²) in [7, 11) is 0. The van der Waals surface area contributed by atoms with E-state index in [1.165, 1.54) is 6.07 Å². The second-order valence-electron chi connectivity index (χ2n) is 3.79. The van der Waals surface area contributed by atoms with Crippen LogP contribution in [0.1, 0.15) is 19.4 Å². The molecule has 100 valence electrons. The standard InChI is InChI=1S/C13H19BrFN3/c1-3-16-13(17-4-2)18-8-7-10-5-6-12(15)11(14)9-10/h5-6,9H,3-4,7-8H2,1-2H3,(H2,16,17,18). The first-order valence-corrected chi connectivity index (χ1v) is 6.92. The maximum atomic E-state index is 13.1. The van der Waals surface area contributed by atoms with Crippen molar-refractivity contribution in [3.05, 3.63) is 34.1 Å². The molecule has 0 atom stereocenters. The first-order valence-electron chi connectivity index (χ1n) is 6.13. The van der Waals surface area contributed by atoms with E-state index in [1.54, 1.807) is 12.1 Å². The average Bonchev–Trinajstić information content (AvgIpc) is 2.34. The van der Waals surface area contributed by atoms with Gasteiger partial charge in [0.1, 0.15) is 5.82 Å². The molecule has 0 fully saturated rings. The minimum atomic E-state index is -0.233. The zero-order valence-electron chi connectivity index (χ0n) is 10.8. The summed E-state index contributed by atoms with van der Waals surface area (Å²) in [6.45, 7) is 6.42. The first-order chi connectivity index (χ1) is 8.67. The Morgan fingerprint density at radius 3 is 2.50 bits per heavy atom. The van der Waals surface area contributed by atoms with Gasteiger partial charge in [0.25, 0.3) is 0 Å². The van der Waals surface area contributed by atoms with Crippen molar-refractivity contribution in [2.75, 3.05) is 19.6 Å². The van der Waals surface area contributed by atoms with Crippen LogP contribution in [0.3, 0.4) is 0 Å². The van der Waals surface area contributed by atoms with Gasteiger partial charge in [-0.2, -0.15) is 0 Å². The van der Waals surface area contributed by atoms with Crippen molar-refractivity contribution in [1.82, 2.24) is 10.6 Å². The van der Waals surface area contributed by atoms with Crippen LogP contribution in [0.2, 0.25) is 0 Å². The third-order valence-electron chi connectivity index (χ3n) is 2.34. The Kier molecular flexibility index (Phi) is 6.72. The highest BCUT2D eigenvalue weighted by molar-refractivity contribution is 9.10. The molecule has 0 saturated heterocycles. The van der Waals surface area contributed by atoms with Gasteiger partial charge < -0.3 is 10.6 Å². The third-order valence-corrected chi connectivity index (χ3v) is 2.95. The van der Waals surface area contributed by atoms with E-state index in [1.807, 2.05) is 13.8 Å². The van der Waals surface area contributed by atoms with Gasteiger partial charge in [0.05, 0.1) is 4.47 Å². The van der Waals surface area contributed by atoms with E-state index in [4.69, 9.17) is 0 Å². The number of rotatable bonds is 5. The fourth-order valence-electron chi connectivity index (χ4n) is 1.50. The van der Waals surface area contributed by atoms with E-state index in [2.05, 4.69) is 31.6 Å². The van der Waals surface area contributed by atoms with Crippen molar-refractivity contribution in [3.63, 3.8) is 0 Å². The molecule has 0 unspecified atom stereocenters. The van der Waals surface area contributed by atoms with Crippen molar-refractivity contribution in [3.8, 4) is 0 Å². The summed E-state index contributed by atoms with van der Waals surface area (Å²) in [4.78, 5) is 4.44. The molecular weight excluding hydrogens is 297 g/mol. The molecule has 5 heteroatoms. The Morgan fingerprint density at radius 2 is 1.94 bits per heavy atom. The molecule has 0 aromatic heterocycles. The van der Waals surface area contributed by atoms with E-state index in [9.17, 15) is 4.39 Å². The molecule has 18 heavy (non-hydrogen) atoms. The summed E-state index contributed by atoms with van der Waals surface area (Å²) in [5.41, 5.74) is 1.07. The molecule has 0 amide bonds. The Hall–Kier alpha value is -1.10. The van der Waals surface area contributed by atoms with Gasteiger partial charge in [0.15, 0.2) is 5.96 Å². The Labute approximate surface area is 116 Å². The Morgan fingerprint density at radius 1 is 1.28 bits per heavy atom. The highest BCUT2D eigenvalue weighted by Gasteiger charge is 2.00. The molecule has 0 aliphatic carbocycles. The molecule has 1 rings (SSSR count). The monoisotopic (exact) mass is 315 g/mol. The molecule has 1 aromatic rings. The van der Waals surface area contributed by atoms with Gasteiger partial charge in [-0.05, 0) is 53.9 Å². The van der Waals surface area contributed by atoms with Gasteiger partial charge in [-0.3, -0.25) is 4.99 Å². The second-order valence-corrected chi connectivity index (χ2v) is 4.64. The summed E-state index contributed by atoms with van der Waals surface area (Å²) in [6.07, 6.45) is 0.791. The average molecular weight is 316 g/mol. The minimum Gasteiger partial charge on any atom is -0.357 e. The zero-order chi connectivity index (χ0) is 13.4. The summed E-state index contributed by atoms with van der Waals surface area (Å²) < 4.78 is 13.6. The van der Waals surface area contributed by atoms with Crippen LogP contribution in [0.25, 0.3) is 0 Å². The van der Waals surface area contributed by atoms with E-state index in [0.29, 0.717) is 11.0 Å². The van der Waals surface area contributed by atoms with Gasteiger partial charge >= 0.3 is 0 Å². The molecule has 0 heterocycles. The fourth-order valence-corrected chi connectivity index (χ4v) is 1.93. The number of nitrogens with one attached hydrogen (secondary N) is 2. The van der Waals surface area contributed by atoms with Crippen LogP contribution in [-0.2, 0) is 6.42 Å². The van der Waals surface area contributed by atoms with E-state index < -0.39 is 0 Å². The van der Waals surface area contributed by atoms with Gasteiger partial charge in [-0.25, -0.2) is 4.39 Å². The smallest absolute Gasteiger partial charge is 0.191 e. The molecule has 0 aliphatic rings. The topological polar surface area (TPSA) is 36.4 Å². The number of guanidine groups is 1.